The van der Waals surface area contributed by atoms with Gasteiger partial charge in [-0.1, -0.05) is 13.0 Å². The second kappa shape index (κ2) is 13.1. The van der Waals surface area contributed by atoms with Crippen molar-refractivity contribution in [1.29, 1.82) is 0 Å². The predicted molar refractivity (Wildman–Crippen MR) is 151 cm³/mol. The van der Waals surface area contributed by atoms with E-state index in [0.717, 1.165) is 17.7 Å². The lowest BCUT2D eigenvalue weighted by Crippen LogP contribution is -2.58. The number of methoxy groups -OCH3 is 2. The molecule has 12 nitrogen and oxygen atoms in total. The number of hydrogen-bond acceptors (Lipinski definition) is 8. The molecule has 0 bridgehead atoms. The van der Waals surface area contributed by atoms with Crippen molar-refractivity contribution >= 4 is 17.8 Å². The number of benzene rings is 1. The number of ether oxygens (including phenoxy) is 2. The van der Waals surface area contributed by atoms with Crippen molar-refractivity contribution in [2.75, 3.05) is 45.3 Å². The molecule has 0 saturated carbocycles. The molecule has 1 aromatic carbocycles. The van der Waals surface area contributed by atoms with Gasteiger partial charge in [-0.25, -0.2) is 14.8 Å². The molecular formula is C28H38N8O4. The fourth-order valence-electron chi connectivity index (χ4n) is 4.76. The third kappa shape index (κ3) is 6.80. The summed E-state index contributed by atoms with van der Waals surface area (Å²) in [6, 6.07) is 6.82. The number of anilines is 1. The lowest BCUT2D eigenvalue weighted by molar-refractivity contribution is -0.122. The number of aromatic nitrogens is 4. The number of carbonyl (C=O) groups is 2. The molecule has 2 aromatic heterocycles. The summed E-state index contributed by atoms with van der Waals surface area (Å²) >= 11 is 0. The van der Waals surface area contributed by atoms with Gasteiger partial charge in [-0.15, -0.1) is 0 Å². The average molecular weight is 551 g/mol. The minimum atomic E-state index is -0.288. The Morgan fingerprint density at radius 3 is 2.62 bits per heavy atom. The maximum absolute atomic E-state index is 13.4. The molecule has 3 amide bonds. The fourth-order valence-corrected chi connectivity index (χ4v) is 4.76. The number of nitrogens with zero attached hydrogens (tertiary/aromatic N) is 6. The molecule has 40 heavy (non-hydrogen) atoms. The first-order valence-corrected chi connectivity index (χ1v) is 13.5. The third-order valence-electron chi connectivity index (χ3n) is 6.86. The van der Waals surface area contributed by atoms with Crippen LogP contribution in [0.5, 0.6) is 11.5 Å². The van der Waals surface area contributed by atoms with Gasteiger partial charge >= 0.3 is 6.03 Å². The number of rotatable bonds is 10. The molecular weight excluding hydrogens is 512 g/mol. The Kier molecular flexibility index (Phi) is 9.41. The lowest BCUT2D eigenvalue weighted by Gasteiger charge is -2.42. The number of nitrogens with one attached hydrogen (secondary N) is 2. The Morgan fingerprint density at radius 1 is 1.12 bits per heavy atom. The van der Waals surface area contributed by atoms with E-state index in [4.69, 9.17) is 14.5 Å². The molecule has 1 aliphatic heterocycles. The molecule has 12 heteroatoms. The van der Waals surface area contributed by atoms with Crippen molar-refractivity contribution < 1.29 is 19.1 Å². The van der Waals surface area contributed by atoms with Crippen LogP contribution in [0.2, 0.25) is 0 Å². The smallest absolute Gasteiger partial charge is 0.317 e. The quantitative estimate of drug-likeness (QED) is 0.395. The third-order valence-corrected chi connectivity index (χ3v) is 6.86. The minimum Gasteiger partial charge on any atom is -0.493 e. The Bertz CT molecular complexity index is 1300. The van der Waals surface area contributed by atoms with Gasteiger partial charge in [0.15, 0.2) is 11.5 Å². The lowest BCUT2D eigenvalue weighted by atomic mass is 10.1. The van der Waals surface area contributed by atoms with E-state index in [-0.39, 0.29) is 30.4 Å². The van der Waals surface area contributed by atoms with Crippen LogP contribution in [0.25, 0.3) is 5.95 Å². The first kappa shape index (κ1) is 28.7. The number of piperazine rings is 1. The second-order valence-corrected chi connectivity index (χ2v) is 9.77. The highest BCUT2D eigenvalue weighted by Gasteiger charge is 2.32. The molecule has 3 aromatic rings. The fraction of sp³-hybridized carbons (Fsp3) is 0.464. The van der Waals surface area contributed by atoms with Gasteiger partial charge in [-0.3, -0.25) is 9.36 Å². The summed E-state index contributed by atoms with van der Waals surface area (Å²) in [4.78, 5) is 43.5. The Balaban J connectivity index is 1.54. The van der Waals surface area contributed by atoms with Crippen LogP contribution in [0.15, 0.2) is 43.0 Å². The van der Waals surface area contributed by atoms with Crippen molar-refractivity contribution in [1.82, 2.24) is 35.1 Å². The molecule has 1 saturated heterocycles. The second-order valence-electron chi connectivity index (χ2n) is 9.77. The van der Waals surface area contributed by atoms with E-state index in [2.05, 4.69) is 25.5 Å². The molecule has 0 aliphatic carbocycles. The molecule has 2 unspecified atom stereocenters. The number of amides is 3. The molecule has 214 valence electrons. The van der Waals surface area contributed by atoms with E-state index in [9.17, 15) is 9.59 Å². The largest absolute Gasteiger partial charge is 0.493 e. The first-order chi connectivity index (χ1) is 19.3. The highest BCUT2D eigenvalue weighted by molar-refractivity contribution is 5.79. The maximum Gasteiger partial charge on any atom is 0.317 e. The highest BCUT2D eigenvalue weighted by atomic mass is 16.5. The molecule has 2 N–H and O–H groups in total. The average Bonchev–Trinajstić information content (AvgIpc) is 3.50. The Labute approximate surface area is 234 Å². The molecule has 1 aliphatic rings. The number of aryl methyl sites for hydroxylation is 1. The summed E-state index contributed by atoms with van der Waals surface area (Å²) in [6.07, 6.45) is 6.14. The summed E-state index contributed by atoms with van der Waals surface area (Å²) in [5.41, 5.74) is 1.69. The minimum absolute atomic E-state index is 0.122. The van der Waals surface area contributed by atoms with Crippen LogP contribution in [0.3, 0.4) is 0 Å². The number of carbonyl (C=O) groups excluding carboxylic acids is 2. The highest BCUT2D eigenvalue weighted by Crippen LogP contribution is 2.30. The van der Waals surface area contributed by atoms with Gasteiger partial charge in [0, 0.05) is 56.8 Å². The molecule has 4 rings (SSSR count). The summed E-state index contributed by atoms with van der Waals surface area (Å²) in [5, 5.41) is 6.05. The molecule has 1 fully saturated rings. The SMILES string of the molecule is CCCNC(=O)N1CCN(c2cc(C)nc(-n3ccnc3)n2)C(CC(=O)NC(C)c2ccc(OC)c(OC)c2)C1. The standard InChI is InChI=1S/C28H38N8O4/c1-6-9-30-28(38)34-12-13-36(25-14-19(2)31-27(33-25)35-11-10-29-18-35)22(17-34)16-26(37)32-20(3)21-7-8-23(39-4)24(15-21)40-5/h7-8,10-11,14-15,18,20,22H,6,9,12-13,16-17H2,1-5H3,(H,30,38)(H,32,37). The van der Waals surface area contributed by atoms with Crippen molar-refractivity contribution in [3.63, 3.8) is 0 Å². The predicted octanol–water partition coefficient (Wildman–Crippen LogP) is 2.87. The molecule has 0 spiro atoms. The van der Waals surface area contributed by atoms with Gasteiger partial charge in [0.1, 0.15) is 12.1 Å². The van der Waals surface area contributed by atoms with E-state index in [1.165, 1.54) is 0 Å². The zero-order valence-corrected chi connectivity index (χ0v) is 23.8. The van der Waals surface area contributed by atoms with Crippen LogP contribution in [-0.4, -0.2) is 82.8 Å². The number of hydrogen-bond donors (Lipinski definition) is 2. The topological polar surface area (TPSA) is 127 Å². The van der Waals surface area contributed by atoms with Crippen LogP contribution in [0.4, 0.5) is 10.6 Å². The number of imidazole rings is 1. The van der Waals surface area contributed by atoms with Gasteiger partial charge in [0.05, 0.1) is 26.3 Å². The van der Waals surface area contributed by atoms with E-state index < -0.39 is 0 Å². The van der Waals surface area contributed by atoms with Gasteiger partial charge < -0.3 is 29.9 Å². The normalized spacial score (nSPS) is 15.9. The summed E-state index contributed by atoms with van der Waals surface area (Å²) in [7, 11) is 3.17. The summed E-state index contributed by atoms with van der Waals surface area (Å²) < 4.78 is 12.5. The van der Waals surface area contributed by atoms with Crippen molar-refractivity contribution in [2.24, 2.45) is 0 Å². The van der Waals surface area contributed by atoms with Crippen molar-refractivity contribution in [3.05, 3.63) is 54.2 Å². The Morgan fingerprint density at radius 2 is 1.93 bits per heavy atom. The van der Waals surface area contributed by atoms with Crippen molar-refractivity contribution in [3.8, 4) is 17.4 Å². The van der Waals surface area contributed by atoms with Gasteiger partial charge in [-0.2, -0.15) is 4.98 Å². The van der Waals surface area contributed by atoms with Gasteiger partial charge in [-0.05, 0) is 38.0 Å². The summed E-state index contributed by atoms with van der Waals surface area (Å²) in [6.45, 7) is 7.88. The number of urea groups is 1. The monoisotopic (exact) mass is 550 g/mol. The van der Waals surface area contributed by atoms with Crippen LogP contribution < -0.4 is 25.0 Å². The van der Waals surface area contributed by atoms with Crippen LogP contribution in [0.1, 0.15) is 44.0 Å². The van der Waals surface area contributed by atoms with Gasteiger partial charge in [0.25, 0.3) is 0 Å². The Hall–Kier alpha value is -4.35. The first-order valence-electron chi connectivity index (χ1n) is 13.5. The van der Waals surface area contributed by atoms with Crippen molar-refractivity contribution in [2.45, 2.75) is 45.7 Å². The zero-order chi connectivity index (χ0) is 28.6. The maximum atomic E-state index is 13.4. The van der Waals surface area contributed by atoms with E-state index >= 15 is 0 Å². The van der Waals surface area contributed by atoms with Crippen LogP contribution >= 0.6 is 0 Å². The van der Waals surface area contributed by atoms with Crippen LogP contribution in [0, 0.1) is 6.92 Å². The van der Waals surface area contributed by atoms with E-state index in [0.29, 0.717) is 49.4 Å². The molecule has 3 heterocycles. The van der Waals surface area contributed by atoms with Gasteiger partial charge in [0.2, 0.25) is 11.9 Å². The van der Waals surface area contributed by atoms with E-state index in [1.54, 1.807) is 42.4 Å². The zero-order valence-electron chi connectivity index (χ0n) is 23.8. The molecule has 2 atom stereocenters. The summed E-state index contributed by atoms with van der Waals surface area (Å²) in [5.74, 6) is 2.30. The molecule has 0 radical (unpaired) electrons. The van der Waals surface area contributed by atoms with Crippen LogP contribution in [-0.2, 0) is 4.79 Å². The van der Waals surface area contributed by atoms with E-state index in [1.807, 2.05) is 45.0 Å².